The zero-order valence-electron chi connectivity index (χ0n) is 11.6. The highest BCUT2D eigenvalue weighted by Gasteiger charge is 2.09. The lowest BCUT2D eigenvalue weighted by Crippen LogP contribution is -2.26. The first kappa shape index (κ1) is 14.7. The third kappa shape index (κ3) is 4.42. The average Bonchev–Trinajstić information content (AvgIpc) is 2.50. The smallest absolute Gasteiger partial charge is 0.253 e. The molecule has 0 spiro atoms. The molecular weight excluding hydrogens is 268 g/mol. The molecule has 0 aromatic heterocycles. The quantitative estimate of drug-likeness (QED) is 0.431. The number of nitrogens with two attached hydrogens (primary N) is 1. The highest BCUT2D eigenvalue weighted by atomic mass is 16.5. The van der Waals surface area contributed by atoms with Gasteiger partial charge in [0.05, 0.1) is 12.2 Å². The molecule has 2 aromatic carbocycles. The van der Waals surface area contributed by atoms with Crippen LogP contribution in [-0.4, -0.2) is 24.2 Å². The van der Waals surface area contributed by atoms with Crippen LogP contribution in [0, 0.1) is 0 Å². The summed E-state index contributed by atoms with van der Waals surface area (Å²) in [7, 11) is 0. The number of anilines is 1. The number of phenols is 1. The number of hydrogen-bond acceptors (Lipinski definition) is 4. The summed E-state index contributed by atoms with van der Waals surface area (Å²) >= 11 is 0. The molecule has 0 bridgehead atoms. The van der Waals surface area contributed by atoms with Gasteiger partial charge in [-0.05, 0) is 36.8 Å². The Hall–Kier alpha value is -2.69. The van der Waals surface area contributed by atoms with Gasteiger partial charge in [0, 0.05) is 12.2 Å². The van der Waals surface area contributed by atoms with Crippen LogP contribution >= 0.6 is 0 Å². The van der Waals surface area contributed by atoms with Crippen molar-refractivity contribution in [1.82, 2.24) is 5.32 Å². The van der Waals surface area contributed by atoms with Crippen molar-refractivity contribution in [2.75, 3.05) is 18.9 Å². The fourth-order valence-electron chi connectivity index (χ4n) is 1.82. The average molecular weight is 286 g/mol. The fraction of sp³-hybridized carbons (Fsp3) is 0.188. The number of nitrogen functional groups attached to an aromatic ring is 1. The van der Waals surface area contributed by atoms with Gasteiger partial charge in [0.1, 0.15) is 11.5 Å². The lowest BCUT2D eigenvalue weighted by molar-refractivity contribution is 0.0952. The Bertz CT molecular complexity index is 600. The third-order valence-electron chi connectivity index (χ3n) is 2.90. The number of amides is 1. The number of benzene rings is 2. The van der Waals surface area contributed by atoms with Gasteiger partial charge < -0.3 is 20.9 Å². The van der Waals surface area contributed by atoms with Crippen molar-refractivity contribution in [2.45, 2.75) is 6.42 Å². The van der Waals surface area contributed by atoms with Crippen molar-refractivity contribution >= 4 is 11.6 Å². The zero-order chi connectivity index (χ0) is 15.1. The van der Waals surface area contributed by atoms with Crippen molar-refractivity contribution in [3.05, 3.63) is 54.1 Å². The largest absolute Gasteiger partial charge is 0.508 e. The van der Waals surface area contributed by atoms with E-state index in [0.29, 0.717) is 25.3 Å². The van der Waals surface area contributed by atoms with E-state index in [4.69, 9.17) is 10.5 Å². The van der Waals surface area contributed by atoms with Gasteiger partial charge in [-0.25, -0.2) is 0 Å². The van der Waals surface area contributed by atoms with Crippen molar-refractivity contribution in [3.63, 3.8) is 0 Å². The maximum atomic E-state index is 11.9. The summed E-state index contributed by atoms with van der Waals surface area (Å²) in [6.45, 7) is 0.987. The van der Waals surface area contributed by atoms with Crippen LogP contribution in [-0.2, 0) is 0 Å². The molecular formula is C16H18N2O3. The van der Waals surface area contributed by atoms with Crippen LogP contribution in [0.1, 0.15) is 16.8 Å². The predicted molar refractivity (Wildman–Crippen MR) is 81.4 cm³/mol. The van der Waals surface area contributed by atoms with E-state index < -0.39 is 0 Å². The van der Waals surface area contributed by atoms with Gasteiger partial charge in [0.2, 0.25) is 0 Å². The van der Waals surface area contributed by atoms with E-state index in [9.17, 15) is 9.90 Å². The van der Waals surface area contributed by atoms with E-state index in [1.807, 2.05) is 30.3 Å². The van der Waals surface area contributed by atoms with E-state index >= 15 is 0 Å². The summed E-state index contributed by atoms with van der Waals surface area (Å²) in [6.07, 6.45) is 0.680. The minimum atomic E-state index is -0.303. The second kappa shape index (κ2) is 7.19. The summed E-state index contributed by atoms with van der Waals surface area (Å²) in [5, 5.41) is 12.1. The van der Waals surface area contributed by atoms with Crippen LogP contribution in [0.2, 0.25) is 0 Å². The molecule has 5 heteroatoms. The Kier molecular flexibility index (Phi) is 5.04. The van der Waals surface area contributed by atoms with Crippen LogP contribution in [0.5, 0.6) is 11.5 Å². The van der Waals surface area contributed by atoms with E-state index in [0.717, 1.165) is 5.75 Å². The van der Waals surface area contributed by atoms with Gasteiger partial charge in [-0.2, -0.15) is 0 Å². The molecule has 0 saturated carbocycles. The minimum Gasteiger partial charge on any atom is -0.508 e. The maximum Gasteiger partial charge on any atom is 0.253 e. The molecule has 0 atom stereocenters. The first-order valence-corrected chi connectivity index (χ1v) is 6.71. The molecule has 2 rings (SSSR count). The van der Waals surface area contributed by atoms with Crippen molar-refractivity contribution < 1.29 is 14.6 Å². The number of para-hydroxylation sites is 1. The highest BCUT2D eigenvalue weighted by Crippen LogP contribution is 2.18. The van der Waals surface area contributed by atoms with Gasteiger partial charge in [0.15, 0.2) is 0 Å². The number of carbonyl (C=O) groups excluding carboxylic acids is 1. The van der Waals surface area contributed by atoms with Crippen LogP contribution in [0.15, 0.2) is 48.5 Å². The Labute approximate surface area is 123 Å². The van der Waals surface area contributed by atoms with Gasteiger partial charge >= 0.3 is 0 Å². The lowest BCUT2D eigenvalue weighted by Gasteiger charge is -2.09. The number of nitrogens with one attached hydrogen (secondary N) is 1. The number of hydrogen-bond donors (Lipinski definition) is 3. The second-order valence-electron chi connectivity index (χ2n) is 4.54. The third-order valence-corrected chi connectivity index (χ3v) is 2.90. The first-order chi connectivity index (χ1) is 10.2. The standard InChI is InChI=1S/C16H18N2O3/c17-15-8-7-12(19)11-14(15)16(20)18-9-4-10-21-13-5-2-1-3-6-13/h1-3,5-8,11,19H,4,9-10,17H2,(H,18,20). The van der Waals surface area contributed by atoms with Crippen molar-refractivity contribution in [1.29, 1.82) is 0 Å². The molecule has 1 amide bonds. The molecule has 2 aromatic rings. The lowest BCUT2D eigenvalue weighted by atomic mass is 10.1. The highest BCUT2D eigenvalue weighted by molar-refractivity contribution is 5.99. The molecule has 0 heterocycles. The van der Waals surface area contributed by atoms with E-state index in [-0.39, 0.29) is 17.2 Å². The van der Waals surface area contributed by atoms with E-state index in [2.05, 4.69) is 5.32 Å². The molecule has 5 nitrogen and oxygen atoms in total. The number of ether oxygens (including phenoxy) is 1. The second-order valence-corrected chi connectivity index (χ2v) is 4.54. The van der Waals surface area contributed by atoms with Gasteiger partial charge in [-0.3, -0.25) is 4.79 Å². The van der Waals surface area contributed by atoms with Gasteiger partial charge in [-0.15, -0.1) is 0 Å². The number of rotatable bonds is 6. The maximum absolute atomic E-state index is 11.9. The number of aromatic hydroxyl groups is 1. The molecule has 110 valence electrons. The molecule has 4 N–H and O–H groups in total. The summed E-state index contributed by atoms with van der Waals surface area (Å²) in [6, 6.07) is 13.8. The fourth-order valence-corrected chi connectivity index (χ4v) is 1.82. The summed E-state index contributed by atoms with van der Waals surface area (Å²) in [5.41, 5.74) is 6.32. The Morgan fingerprint density at radius 1 is 1.19 bits per heavy atom. The van der Waals surface area contributed by atoms with Crippen molar-refractivity contribution in [3.8, 4) is 11.5 Å². The van der Waals surface area contributed by atoms with Gasteiger partial charge in [-0.1, -0.05) is 18.2 Å². The molecule has 0 aliphatic carbocycles. The molecule has 0 saturated heterocycles. The Balaban J connectivity index is 1.73. The first-order valence-electron chi connectivity index (χ1n) is 6.71. The topological polar surface area (TPSA) is 84.6 Å². The Morgan fingerprint density at radius 2 is 1.95 bits per heavy atom. The number of phenolic OH excluding ortho intramolecular Hbond substituents is 1. The summed E-state index contributed by atoms with van der Waals surface area (Å²) in [4.78, 5) is 11.9. The molecule has 0 radical (unpaired) electrons. The van der Waals surface area contributed by atoms with Crippen LogP contribution < -0.4 is 15.8 Å². The van der Waals surface area contributed by atoms with E-state index in [1.54, 1.807) is 0 Å². The molecule has 0 fully saturated rings. The Morgan fingerprint density at radius 3 is 2.71 bits per heavy atom. The minimum absolute atomic E-state index is 0.0155. The summed E-state index contributed by atoms with van der Waals surface area (Å²) < 4.78 is 5.52. The normalized spacial score (nSPS) is 10.1. The SMILES string of the molecule is Nc1ccc(O)cc1C(=O)NCCCOc1ccccc1. The monoisotopic (exact) mass is 286 g/mol. The van der Waals surface area contributed by atoms with Crippen molar-refractivity contribution in [2.24, 2.45) is 0 Å². The van der Waals surface area contributed by atoms with Crippen LogP contribution in [0.3, 0.4) is 0 Å². The predicted octanol–water partition coefficient (Wildman–Crippen LogP) is 2.17. The number of carbonyl (C=O) groups is 1. The van der Waals surface area contributed by atoms with Gasteiger partial charge in [0.25, 0.3) is 5.91 Å². The van der Waals surface area contributed by atoms with Crippen LogP contribution in [0.4, 0.5) is 5.69 Å². The summed E-state index contributed by atoms with van der Waals surface area (Å²) in [5.74, 6) is 0.519. The van der Waals surface area contributed by atoms with Crippen LogP contribution in [0.25, 0.3) is 0 Å². The molecule has 0 aliphatic rings. The zero-order valence-corrected chi connectivity index (χ0v) is 11.6. The molecule has 0 aliphatic heterocycles. The molecule has 0 unspecified atom stereocenters. The van der Waals surface area contributed by atoms with E-state index in [1.165, 1.54) is 18.2 Å². The molecule has 21 heavy (non-hydrogen) atoms.